The van der Waals surface area contributed by atoms with Gasteiger partial charge in [-0.1, -0.05) is 0 Å². The SMILES string of the molecule is CC(C)(C)N1CCC(Nc2ccc(-c3ccc(F)cc3)nn2)C1.O=CO. The third-order valence-electron chi connectivity index (χ3n) is 4.29. The lowest BCUT2D eigenvalue weighted by Gasteiger charge is -2.31. The first-order valence-electron chi connectivity index (χ1n) is 8.52. The molecule has 0 radical (unpaired) electrons. The second kappa shape index (κ2) is 8.71. The Balaban J connectivity index is 0.000000758. The largest absolute Gasteiger partial charge is 0.483 e. The summed E-state index contributed by atoms with van der Waals surface area (Å²) >= 11 is 0. The number of likely N-dealkylation sites (tertiary alicyclic amines) is 1. The molecular weight excluding hydrogens is 335 g/mol. The predicted octanol–water partition coefficient (Wildman–Crippen LogP) is 3.27. The molecule has 7 heteroatoms. The third-order valence-corrected chi connectivity index (χ3v) is 4.29. The van der Waals surface area contributed by atoms with Crippen LogP contribution in [0.3, 0.4) is 0 Å². The molecular formula is C19H25FN4O2. The van der Waals surface area contributed by atoms with Crippen LogP contribution in [0.25, 0.3) is 11.3 Å². The average Bonchev–Trinajstić information content (AvgIpc) is 3.06. The number of anilines is 1. The Bertz CT molecular complexity index is 699. The van der Waals surface area contributed by atoms with Crippen LogP contribution in [0, 0.1) is 5.82 Å². The highest BCUT2D eigenvalue weighted by molar-refractivity contribution is 5.59. The highest BCUT2D eigenvalue weighted by atomic mass is 19.1. The minimum absolute atomic E-state index is 0.203. The van der Waals surface area contributed by atoms with Gasteiger partial charge in [0.25, 0.3) is 6.47 Å². The van der Waals surface area contributed by atoms with Gasteiger partial charge in [-0.25, -0.2) is 4.39 Å². The molecule has 6 nitrogen and oxygen atoms in total. The Labute approximate surface area is 153 Å². The van der Waals surface area contributed by atoms with Crippen molar-refractivity contribution in [1.29, 1.82) is 0 Å². The van der Waals surface area contributed by atoms with Gasteiger partial charge in [-0.3, -0.25) is 9.69 Å². The number of carbonyl (C=O) groups is 1. The Morgan fingerprint density at radius 1 is 1.19 bits per heavy atom. The molecule has 1 aliphatic rings. The van der Waals surface area contributed by atoms with E-state index >= 15 is 0 Å². The Kier molecular flexibility index (Phi) is 6.63. The smallest absolute Gasteiger partial charge is 0.290 e. The predicted molar refractivity (Wildman–Crippen MR) is 99.5 cm³/mol. The number of nitrogens with one attached hydrogen (secondary N) is 1. The fraction of sp³-hybridized carbons (Fsp3) is 0.421. The third kappa shape index (κ3) is 5.49. The first kappa shape index (κ1) is 19.8. The molecule has 26 heavy (non-hydrogen) atoms. The van der Waals surface area contributed by atoms with Crippen molar-refractivity contribution in [2.24, 2.45) is 0 Å². The maximum absolute atomic E-state index is 13.0. The molecule has 1 saturated heterocycles. The van der Waals surface area contributed by atoms with E-state index in [4.69, 9.17) is 9.90 Å². The van der Waals surface area contributed by atoms with E-state index in [1.807, 2.05) is 12.1 Å². The van der Waals surface area contributed by atoms with Gasteiger partial charge in [0, 0.05) is 30.2 Å². The van der Waals surface area contributed by atoms with Crippen LogP contribution < -0.4 is 5.32 Å². The molecule has 1 fully saturated rings. The summed E-state index contributed by atoms with van der Waals surface area (Å²) in [6.45, 7) is 8.60. The molecule has 2 N–H and O–H groups in total. The van der Waals surface area contributed by atoms with Crippen molar-refractivity contribution in [3.05, 3.63) is 42.2 Å². The van der Waals surface area contributed by atoms with Gasteiger partial charge in [-0.2, -0.15) is 0 Å². The number of nitrogens with zero attached hydrogens (tertiary/aromatic N) is 3. The van der Waals surface area contributed by atoms with Crippen LogP contribution in [0.2, 0.25) is 0 Å². The van der Waals surface area contributed by atoms with Gasteiger partial charge >= 0.3 is 0 Å². The number of aromatic nitrogens is 2. The van der Waals surface area contributed by atoms with Gasteiger partial charge in [0.1, 0.15) is 11.6 Å². The van der Waals surface area contributed by atoms with Gasteiger partial charge in [0.05, 0.1) is 5.69 Å². The lowest BCUT2D eigenvalue weighted by molar-refractivity contribution is -0.122. The Hall–Kier alpha value is -2.54. The fourth-order valence-electron chi connectivity index (χ4n) is 2.88. The van der Waals surface area contributed by atoms with Gasteiger partial charge < -0.3 is 10.4 Å². The zero-order valence-electron chi connectivity index (χ0n) is 15.3. The summed E-state index contributed by atoms with van der Waals surface area (Å²) in [5, 5.41) is 18.8. The van der Waals surface area contributed by atoms with Gasteiger partial charge in [0.2, 0.25) is 0 Å². The standard InChI is InChI=1S/C18H23FN4.CH2O2/c1-18(2,3)23-11-10-15(12-23)20-17-9-8-16(21-22-17)13-4-6-14(19)7-5-13;2-1-3/h4-9,15H,10-12H2,1-3H3,(H,20,22);1H,(H,2,3). The molecule has 0 saturated carbocycles. The molecule has 1 aromatic carbocycles. The van der Waals surface area contributed by atoms with Crippen molar-refractivity contribution < 1.29 is 14.3 Å². The number of hydrogen-bond donors (Lipinski definition) is 2. The van der Waals surface area contributed by atoms with Crippen LogP contribution in [0.5, 0.6) is 0 Å². The molecule has 2 aromatic rings. The van der Waals surface area contributed by atoms with E-state index < -0.39 is 0 Å². The van der Waals surface area contributed by atoms with Gasteiger partial charge in [-0.05, 0) is 63.6 Å². The summed E-state index contributed by atoms with van der Waals surface area (Å²) in [7, 11) is 0. The number of rotatable bonds is 3. The zero-order chi connectivity index (χ0) is 19.2. The maximum atomic E-state index is 13.0. The monoisotopic (exact) mass is 360 g/mol. The fourth-order valence-corrected chi connectivity index (χ4v) is 2.88. The van der Waals surface area contributed by atoms with Crippen LogP contribution in [0.15, 0.2) is 36.4 Å². The van der Waals surface area contributed by atoms with Crippen molar-refractivity contribution in [3.8, 4) is 11.3 Å². The van der Waals surface area contributed by atoms with Crippen LogP contribution >= 0.6 is 0 Å². The quantitative estimate of drug-likeness (QED) is 0.818. The van der Waals surface area contributed by atoms with Crippen molar-refractivity contribution in [2.45, 2.75) is 38.8 Å². The van der Waals surface area contributed by atoms with E-state index in [-0.39, 0.29) is 17.8 Å². The number of benzene rings is 1. The van der Waals surface area contributed by atoms with E-state index in [2.05, 4.69) is 41.2 Å². The van der Waals surface area contributed by atoms with E-state index in [1.54, 1.807) is 12.1 Å². The normalized spacial score (nSPS) is 17.3. The zero-order valence-corrected chi connectivity index (χ0v) is 15.3. The number of halogens is 1. The Morgan fingerprint density at radius 2 is 1.85 bits per heavy atom. The number of carboxylic acid groups (broad SMARTS) is 1. The van der Waals surface area contributed by atoms with E-state index in [0.717, 1.165) is 36.6 Å². The van der Waals surface area contributed by atoms with Crippen molar-refractivity contribution >= 4 is 12.3 Å². The summed E-state index contributed by atoms with van der Waals surface area (Å²) in [5.41, 5.74) is 1.82. The molecule has 1 aliphatic heterocycles. The van der Waals surface area contributed by atoms with Crippen LogP contribution in [-0.4, -0.2) is 51.3 Å². The molecule has 0 spiro atoms. The molecule has 2 heterocycles. The summed E-state index contributed by atoms with van der Waals surface area (Å²) in [4.78, 5) is 10.8. The van der Waals surface area contributed by atoms with Crippen molar-refractivity contribution in [3.63, 3.8) is 0 Å². The highest BCUT2D eigenvalue weighted by Crippen LogP contribution is 2.23. The first-order valence-corrected chi connectivity index (χ1v) is 8.52. The second-order valence-electron chi connectivity index (χ2n) is 7.16. The number of hydrogen-bond acceptors (Lipinski definition) is 5. The molecule has 1 unspecified atom stereocenters. The molecule has 1 aromatic heterocycles. The lowest BCUT2D eigenvalue weighted by Crippen LogP contribution is -2.40. The molecule has 140 valence electrons. The summed E-state index contributed by atoms with van der Waals surface area (Å²) in [5.74, 6) is 0.543. The van der Waals surface area contributed by atoms with Crippen LogP contribution in [-0.2, 0) is 4.79 Å². The van der Waals surface area contributed by atoms with Gasteiger partial charge in [0.15, 0.2) is 0 Å². The van der Waals surface area contributed by atoms with Crippen molar-refractivity contribution in [2.75, 3.05) is 18.4 Å². The van der Waals surface area contributed by atoms with Crippen LogP contribution in [0.4, 0.5) is 10.2 Å². The molecule has 0 amide bonds. The molecule has 0 aliphatic carbocycles. The summed E-state index contributed by atoms with van der Waals surface area (Å²) < 4.78 is 13.0. The second-order valence-corrected chi connectivity index (χ2v) is 7.16. The minimum Gasteiger partial charge on any atom is -0.483 e. The average molecular weight is 360 g/mol. The molecule has 3 rings (SSSR count). The summed E-state index contributed by atoms with van der Waals surface area (Å²) in [6, 6.07) is 10.5. The van der Waals surface area contributed by atoms with E-state index in [1.165, 1.54) is 12.1 Å². The Morgan fingerprint density at radius 3 is 2.35 bits per heavy atom. The minimum atomic E-state index is -0.250. The van der Waals surface area contributed by atoms with E-state index in [0.29, 0.717) is 6.04 Å². The van der Waals surface area contributed by atoms with Crippen LogP contribution in [0.1, 0.15) is 27.2 Å². The maximum Gasteiger partial charge on any atom is 0.290 e. The molecule has 1 atom stereocenters. The first-order chi connectivity index (χ1) is 12.3. The summed E-state index contributed by atoms with van der Waals surface area (Å²) in [6.07, 6.45) is 1.11. The van der Waals surface area contributed by atoms with Crippen molar-refractivity contribution in [1.82, 2.24) is 15.1 Å². The molecule has 0 bridgehead atoms. The van der Waals surface area contributed by atoms with E-state index in [9.17, 15) is 4.39 Å². The lowest BCUT2D eigenvalue weighted by atomic mass is 10.1. The topological polar surface area (TPSA) is 78.3 Å². The highest BCUT2D eigenvalue weighted by Gasteiger charge is 2.30. The van der Waals surface area contributed by atoms with Gasteiger partial charge in [-0.15, -0.1) is 10.2 Å².